The van der Waals surface area contributed by atoms with Crippen molar-refractivity contribution in [1.29, 1.82) is 0 Å². The number of rotatable bonds is 4. The summed E-state index contributed by atoms with van der Waals surface area (Å²) in [4.78, 5) is 13.8. The predicted molar refractivity (Wildman–Crippen MR) is 106 cm³/mol. The monoisotopic (exact) mass is 433 g/mol. The van der Waals surface area contributed by atoms with Gasteiger partial charge in [0.15, 0.2) is 0 Å². The highest BCUT2D eigenvalue weighted by molar-refractivity contribution is 7.10. The Labute approximate surface area is 173 Å². The van der Waals surface area contributed by atoms with Crippen molar-refractivity contribution in [2.45, 2.75) is 31.4 Å². The minimum atomic E-state index is -4.54. The minimum absolute atomic E-state index is 0.0588. The summed E-state index contributed by atoms with van der Waals surface area (Å²) in [6.07, 6.45) is 3.10. The van der Waals surface area contributed by atoms with Crippen LogP contribution in [0.2, 0.25) is 0 Å². The van der Waals surface area contributed by atoms with E-state index < -0.39 is 17.4 Å². The third-order valence-electron chi connectivity index (χ3n) is 5.84. The van der Waals surface area contributed by atoms with Gasteiger partial charge in [-0.2, -0.15) is 13.2 Å². The lowest BCUT2D eigenvalue weighted by molar-refractivity contribution is -0.136. The molecule has 4 heterocycles. The molecule has 0 radical (unpaired) electrons. The van der Waals surface area contributed by atoms with Gasteiger partial charge >= 0.3 is 11.9 Å². The smallest absolute Gasteiger partial charge is 0.320 e. The molecule has 0 bridgehead atoms. The van der Waals surface area contributed by atoms with Crippen LogP contribution in [0.25, 0.3) is 11.2 Å². The summed E-state index contributed by atoms with van der Waals surface area (Å²) in [5.74, 6) is 1.37. The van der Waals surface area contributed by atoms with E-state index in [0.29, 0.717) is 11.6 Å². The molecule has 30 heavy (non-hydrogen) atoms. The van der Waals surface area contributed by atoms with Gasteiger partial charge in [0.1, 0.15) is 12.2 Å². The van der Waals surface area contributed by atoms with Gasteiger partial charge < -0.3 is 4.57 Å². The molecule has 0 amide bonds. The van der Waals surface area contributed by atoms with E-state index in [1.165, 1.54) is 40.8 Å². The number of hydrogen-bond acceptors (Lipinski definition) is 4. The van der Waals surface area contributed by atoms with E-state index in [2.05, 4.69) is 10.2 Å². The summed E-state index contributed by atoms with van der Waals surface area (Å²) in [6, 6.07) is 4.11. The van der Waals surface area contributed by atoms with Crippen LogP contribution < -0.4 is 5.69 Å². The van der Waals surface area contributed by atoms with Crippen molar-refractivity contribution in [2.75, 3.05) is 0 Å². The molecule has 4 aromatic heterocycles. The summed E-state index contributed by atoms with van der Waals surface area (Å²) in [5, 5.41) is 10.1. The van der Waals surface area contributed by atoms with Crippen LogP contribution >= 0.6 is 11.3 Å². The largest absolute Gasteiger partial charge is 0.418 e. The van der Waals surface area contributed by atoms with Gasteiger partial charge in [0.05, 0.1) is 22.7 Å². The lowest BCUT2D eigenvalue weighted by atomic mass is 9.75. The standard InChI is InChI=1S/C20H18F3N5OS/c1-26-11-24-25-18(26)17(12-4-2-5-12)16-8-13(10-30-16)28-9-15-14(20(21,22)23)6-3-7-27(15)19(28)29/h3,6-12,17H,2,4-5H2,1H3/t17-/m0/s1. The fourth-order valence-electron chi connectivity index (χ4n) is 4.09. The fraction of sp³-hybridized carbons (Fsp3) is 0.350. The number of halogens is 3. The van der Waals surface area contributed by atoms with Crippen molar-refractivity contribution in [3.8, 4) is 5.69 Å². The van der Waals surface area contributed by atoms with Gasteiger partial charge in [-0.05, 0) is 37.0 Å². The number of thiophene rings is 1. The zero-order valence-electron chi connectivity index (χ0n) is 16.0. The molecule has 1 aliphatic carbocycles. The van der Waals surface area contributed by atoms with E-state index in [-0.39, 0.29) is 11.4 Å². The first-order valence-electron chi connectivity index (χ1n) is 9.57. The number of imidazole rings is 1. The number of nitrogens with zero attached hydrogens (tertiary/aromatic N) is 5. The second-order valence-corrected chi connectivity index (χ2v) is 8.58. The molecule has 1 atom stereocenters. The van der Waals surface area contributed by atoms with E-state index in [1.807, 2.05) is 23.1 Å². The number of aromatic nitrogens is 5. The van der Waals surface area contributed by atoms with Crippen LogP contribution in [-0.4, -0.2) is 23.7 Å². The van der Waals surface area contributed by atoms with E-state index in [0.717, 1.165) is 34.0 Å². The van der Waals surface area contributed by atoms with Crippen LogP contribution in [0.4, 0.5) is 13.2 Å². The Morgan fingerprint density at radius 3 is 2.73 bits per heavy atom. The SMILES string of the molecule is Cn1cnnc1[C@H](c1cc(-n2cc3c(C(F)(F)F)cccn3c2=O)cs1)C1CCC1. The number of alkyl halides is 3. The van der Waals surface area contributed by atoms with Crippen LogP contribution in [0.1, 0.15) is 41.4 Å². The first-order chi connectivity index (χ1) is 14.3. The maximum Gasteiger partial charge on any atom is 0.418 e. The molecule has 156 valence electrons. The van der Waals surface area contributed by atoms with Crippen LogP contribution in [0.15, 0.2) is 47.1 Å². The lowest BCUT2D eigenvalue weighted by Crippen LogP contribution is -2.23. The third kappa shape index (κ3) is 2.97. The molecule has 4 aromatic rings. The molecule has 1 saturated carbocycles. The summed E-state index contributed by atoms with van der Waals surface area (Å²) in [5.41, 5.74) is -0.961. The van der Waals surface area contributed by atoms with Crippen LogP contribution in [0.3, 0.4) is 0 Å². The highest BCUT2D eigenvalue weighted by atomic mass is 32.1. The van der Waals surface area contributed by atoms with Gasteiger partial charge in [0.25, 0.3) is 0 Å². The Bertz CT molecular complexity index is 1280. The molecule has 6 nitrogen and oxygen atoms in total. The summed E-state index contributed by atoms with van der Waals surface area (Å²) < 4.78 is 44.3. The Morgan fingerprint density at radius 2 is 2.10 bits per heavy atom. The third-order valence-corrected chi connectivity index (χ3v) is 6.84. The highest BCUT2D eigenvalue weighted by Gasteiger charge is 2.35. The minimum Gasteiger partial charge on any atom is -0.320 e. The van der Waals surface area contributed by atoms with Gasteiger partial charge in [0, 0.05) is 29.7 Å². The van der Waals surface area contributed by atoms with Gasteiger partial charge in [-0.1, -0.05) is 6.42 Å². The number of pyridine rings is 1. The van der Waals surface area contributed by atoms with Gasteiger partial charge in [0.2, 0.25) is 0 Å². The van der Waals surface area contributed by atoms with Crippen molar-refractivity contribution < 1.29 is 13.2 Å². The van der Waals surface area contributed by atoms with Crippen LogP contribution in [0, 0.1) is 5.92 Å². The normalized spacial score (nSPS) is 16.1. The van der Waals surface area contributed by atoms with Crippen molar-refractivity contribution in [2.24, 2.45) is 13.0 Å². The van der Waals surface area contributed by atoms with E-state index >= 15 is 0 Å². The Morgan fingerprint density at radius 1 is 1.30 bits per heavy atom. The Hall–Kier alpha value is -2.88. The fourth-order valence-corrected chi connectivity index (χ4v) is 5.16. The van der Waals surface area contributed by atoms with Gasteiger partial charge in [-0.15, -0.1) is 21.5 Å². The van der Waals surface area contributed by atoms with E-state index in [9.17, 15) is 18.0 Å². The number of fused-ring (bicyclic) bond motifs is 1. The second kappa shape index (κ2) is 6.83. The maximum absolute atomic E-state index is 13.4. The number of aryl methyl sites for hydroxylation is 1. The molecule has 0 saturated heterocycles. The molecule has 0 aliphatic heterocycles. The lowest BCUT2D eigenvalue weighted by Gasteiger charge is -2.32. The first kappa shape index (κ1) is 19.1. The van der Waals surface area contributed by atoms with Crippen molar-refractivity contribution in [3.05, 3.63) is 69.0 Å². The zero-order valence-corrected chi connectivity index (χ0v) is 16.8. The molecule has 1 fully saturated rings. The van der Waals surface area contributed by atoms with Crippen molar-refractivity contribution in [3.63, 3.8) is 0 Å². The topological polar surface area (TPSA) is 57.1 Å². The summed E-state index contributed by atoms with van der Waals surface area (Å²) in [6.45, 7) is 0. The molecule has 0 unspecified atom stereocenters. The van der Waals surface area contributed by atoms with Crippen molar-refractivity contribution in [1.82, 2.24) is 23.7 Å². The zero-order chi connectivity index (χ0) is 21.0. The van der Waals surface area contributed by atoms with E-state index in [4.69, 9.17) is 0 Å². The Balaban J connectivity index is 1.60. The van der Waals surface area contributed by atoms with Gasteiger partial charge in [-0.25, -0.2) is 4.79 Å². The average molecular weight is 433 g/mol. The molecule has 0 aromatic carbocycles. The molecule has 0 spiro atoms. The molecular weight excluding hydrogens is 415 g/mol. The molecule has 10 heteroatoms. The average Bonchev–Trinajstić information content (AvgIpc) is 3.36. The summed E-state index contributed by atoms with van der Waals surface area (Å²) in [7, 11) is 1.90. The second-order valence-electron chi connectivity index (χ2n) is 7.63. The maximum atomic E-state index is 13.4. The molecule has 1 aliphatic rings. The summed E-state index contributed by atoms with van der Waals surface area (Å²) >= 11 is 1.49. The first-order valence-corrected chi connectivity index (χ1v) is 10.4. The van der Waals surface area contributed by atoms with Crippen molar-refractivity contribution >= 4 is 16.9 Å². The molecule has 5 rings (SSSR count). The molecule has 0 N–H and O–H groups in total. The van der Waals surface area contributed by atoms with Crippen LogP contribution in [-0.2, 0) is 13.2 Å². The molecular formula is C20H18F3N5OS. The van der Waals surface area contributed by atoms with Gasteiger partial charge in [-0.3, -0.25) is 8.97 Å². The Kier molecular flexibility index (Phi) is 4.35. The predicted octanol–water partition coefficient (Wildman–Crippen LogP) is 4.23. The highest BCUT2D eigenvalue weighted by Crippen LogP contribution is 2.44. The quantitative estimate of drug-likeness (QED) is 0.484. The van der Waals surface area contributed by atoms with Crippen LogP contribution in [0.5, 0.6) is 0 Å². The number of hydrogen-bond donors (Lipinski definition) is 0. The van der Waals surface area contributed by atoms with E-state index in [1.54, 1.807) is 6.33 Å².